The van der Waals surface area contributed by atoms with Crippen molar-refractivity contribution in [1.29, 1.82) is 0 Å². The standard InChI is InChI=1S/C7H10O4.C6H14O2/c1-3-5(6(8)9)7(10)11-4-2;1-4-5(2)6(3,7)8/h3,5H,1,4H2,2H3,(H,8,9);5,7-8H,4H2,1-3H3. The van der Waals surface area contributed by atoms with Crippen LogP contribution in [0.3, 0.4) is 0 Å². The van der Waals surface area contributed by atoms with Crippen LogP contribution in [0.4, 0.5) is 0 Å². The molecule has 0 saturated heterocycles. The summed E-state index contributed by atoms with van der Waals surface area (Å²) in [5.74, 6) is -4.78. The van der Waals surface area contributed by atoms with Crippen LogP contribution in [-0.2, 0) is 14.3 Å². The van der Waals surface area contributed by atoms with Crippen LogP contribution in [0.1, 0.15) is 34.1 Å². The average Bonchev–Trinajstić information content (AvgIpc) is 2.28. The van der Waals surface area contributed by atoms with E-state index in [2.05, 4.69) is 11.3 Å². The third kappa shape index (κ3) is 9.21. The van der Waals surface area contributed by atoms with Crippen LogP contribution in [0, 0.1) is 11.8 Å². The molecule has 0 radical (unpaired) electrons. The Morgan fingerprint density at radius 2 is 1.84 bits per heavy atom. The van der Waals surface area contributed by atoms with Crippen molar-refractivity contribution in [2.75, 3.05) is 6.61 Å². The maximum Gasteiger partial charge on any atom is 0.324 e. The van der Waals surface area contributed by atoms with Crippen LogP contribution >= 0.6 is 0 Å². The van der Waals surface area contributed by atoms with E-state index in [0.717, 1.165) is 12.5 Å². The topological polar surface area (TPSA) is 104 Å². The van der Waals surface area contributed by atoms with Gasteiger partial charge in [-0.1, -0.05) is 19.9 Å². The molecule has 0 aliphatic heterocycles. The zero-order valence-electron chi connectivity index (χ0n) is 11.9. The van der Waals surface area contributed by atoms with E-state index in [1.54, 1.807) is 13.8 Å². The Hall–Kier alpha value is -1.40. The van der Waals surface area contributed by atoms with Gasteiger partial charge in [0.1, 0.15) is 0 Å². The predicted octanol–water partition coefficient (Wildman–Crippen LogP) is 1.17. The van der Waals surface area contributed by atoms with E-state index in [9.17, 15) is 9.59 Å². The molecule has 0 aromatic carbocycles. The lowest BCUT2D eigenvalue weighted by atomic mass is 10.0. The zero-order valence-corrected chi connectivity index (χ0v) is 11.9. The molecule has 0 fully saturated rings. The van der Waals surface area contributed by atoms with Crippen molar-refractivity contribution >= 4 is 11.9 Å². The normalized spacial score (nSPS) is 13.6. The molecule has 0 aliphatic rings. The predicted molar refractivity (Wildman–Crippen MR) is 70.3 cm³/mol. The fourth-order valence-electron chi connectivity index (χ4n) is 0.917. The Morgan fingerprint density at radius 3 is 2.00 bits per heavy atom. The molecule has 0 aromatic heterocycles. The molecule has 0 aliphatic carbocycles. The number of aliphatic carboxylic acids is 1. The number of aliphatic hydroxyl groups is 2. The number of carbonyl (C=O) groups is 2. The maximum absolute atomic E-state index is 10.7. The van der Waals surface area contributed by atoms with Crippen LogP contribution in [0.2, 0.25) is 0 Å². The van der Waals surface area contributed by atoms with Crippen LogP contribution in [-0.4, -0.2) is 39.7 Å². The largest absolute Gasteiger partial charge is 0.480 e. The number of carboxylic acid groups (broad SMARTS) is 1. The second-order valence-electron chi connectivity index (χ2n) is 4.21. The molecule has 0 heterocycles. The van der Waals surface area contributed by atoms with Gasteiger partial charge in [-0.3, -0.25) is 9.59 Å². The molecule has 0 bridgehead atoms. The minimum Gasteiger partial charge on any atom is -0.480 e. The molecule has 3 N–H and O–H groups in total. The van der Waals surface area contributed by atoms with Gasteiger partial charge in [0, 0.05) is 5.92 Å². The molecule has 2 unspecified atom stereocenters. The average molecular weight is 276 g/mol. The molecule has 0 rings (SSSR count). The maximum atomic E-state index is 10.7. The summed E-state index contributed by atoms with van der Waals surface area (Å²) in [6.45, 7) is 10.1. The third-order valence-electron chi connectivity index (χ3n) is 2.59. The minimum atomic E-state index is -1.49. The lowest BCUT2D eigenvalue weighted by Crippen LogP contribution is -2.31. The summed E-state index contributed by atoms with van der Waals surface area (Å²) >= 11 is 0. The van der Waals surface area contributed by atoms with Gasteiger partial charge in [0.05, 0.1) is 6.61 Å². The highest BCUT2D eigenvalue weighted by atomic mass is 16.5. The van der Waals surface area contributed by atoms with Gasteiger partial charge in [-0.05, 0) is 20.3 Å². The van der Waals surface area contributed by atoms with Crippen molar-refractivity contribution in [2.45, 2.75) is 39.9 Å². The van der Waals surface area contributed by atoms with Crippen molar-refractivity contribution in [2.24, 2.45) is 11.8 Å². The fourth-order valence-corrected chi connectivity index (χ4v) is 0.917. The third-order valence-corrected chi connectivity index (χ3v) is 2.59. The van der Waals surface area contributed by atoms with Gasteiger partial charge in [0.2, 0.25) is 0 Å². The summed E-state index contributed by atoms with van der Waals surface area (Å²) in [6, 6.07) is 0. The molecule has 112 valence electrons. The Morgan fingerprint density at radius 1 is 1.37 bits per heavy atom. The molecule has 6 heteroatoms. The van der Waals surface area contributed by atoms with Crippen molar-refractivity contribution in [3.8, 4) is 0 Å². The molecule has 0 spiro atoms. The Labute approximate surface area is 113 Å². The van der Waals surface area contributed by atoms with Gasteiger partial charge >= 0.3 is 11.9 Å². The van der Waals surface area contributed by atoms with E-state index in [0.29, 0.717) is 0 Å². The van der Waals surface area contributed by atoms with Gasteiger partial charge in [-0.2, -0.15) is 0 Å². The van der Waals surface area contributed by atoms with E-state index >= 15 is 0 Å². The highest BCUT2D eigenvalue weighted by Gasteiger charge is 2.23. The van der Waals surface area contributed by atoms with Crippen LogP contribution in [0.15, 0.2) is 12.7 Å². The first-order valence-electron chi connectivity index (χ1n) is 6.08. The van der Waals surface area contributed by atoms with Crippen LogP contribution < -0.4 is 0 Å². The summed E-state index contributed by atoms with van der Waals surface area (Å²) < 4.78 is 4.47. The Kier molecular flexibility index (Phi) is 9.99. The number of hydrogen-bond acceptors (Lipinski definition) is 5. The first-order valence-corrected chi connectivity index (χ1v) is 6.08. The highest BCUT2D eigenvalue weighted by molar-refractivity contribution is 5.95. The van der Waals surface area contributed by atoms with Gasteiger partial charge in [0.25, 0.3) is 0 Å². The SMILES string of the molecule is C=CC(C(=O)O)C(=O)OCC.CCC(C)C(C)(O)O. The van der Waals surface area contributed by atoms with E-state index in [1.165, 1.54) is 6.92 Å². The lowest BCUT2D eigenvalue weighted by molar-refractivity contribution is -0.181. The van der Waals surface area contributed by atoms with E-state index < -0.39 is 23.6 Å². The molecule has 2 atom stereocenters. The van der Waals surface area contributed by atoms with Gasteiger partial charge in [0.15, 0.2) is 11.7 Å². The number of esters is 1. The summed E-state index contributed by atoms with van der Waals surface area (Å²) in [5, 5.41) is 26.1. The van der Waals surface area contributed by atoms with Crippen LogP contribution in [0.5, 0.6) is 0 Å². The van der Waals surface area contributed by atoms with Crippen molar-refractivity contribution in [1.82, 2.24) is 0 Å². The monoisotopic (exact) mass is 276 g/mol. The van der Waals surface area contributed by atoms with E-state index in [4.69, 9.17) is 15.3 Å². The number of hydrogen-bond donors (Lipinski definition) is 3. The quantitative estimate of drug-likeness (QED) is 0.291. The number of rotatable bonds is 6. The summed E-state index contributed by atoms with van der Waals surface area (Å²) in [7, 11) is 0. The minimum absolute atomic E-state index is 0.0394. The first kappa shape index (κ1) is 19.9. The molecule has 19 heavy (non-hydrogen) atoms. The van der Waals surface area contributed by atoms with Crippen molar-refractivity contribution in [3.63, 3.8) is 0 Å². The smallest absolute Gasteiger partial charge is 0.324 e. The molecular formula is C13H24O6. The molecule has 0 saturated carbocycles. The molecule has 0 amide bonds. The first-order chi connectivity index (χ1) is 8.61. The molecule has 0 aromatic rings. The van der Waals surface area contributed by atoms with E-state index in [-0.39, 0.29) is 12.5 Å². The van der Waals surface area contributed by atoms with E-state index in [1.807, 2.05) is 6.92 Å². The lowest BCUT2D eigenvalue weighted by Gasteiger charge is -2.22. The second kappa shape index (κ2) is 9.52. The molecular weight excluding hydrogens is 252 g/mol. The number of ether oxygens (including phenoxy) is 1. The van der Waals surface area contributed by atoms with Crippen molar-refractivity contribution in [3.05, 3.63) is 12.7 Å². The summed E-state index contributed by atoms with van der Waals surface area (Å²) in [5.41, 5.74) is 0. The van der Waals surface area contributed by atoms with Crippen molar-refractivity contribution < 1.29 is 29.6 Å². The van der Waals surface area contributed by atoms with Gasteiger partial charge < -0.3 is 20.1 Å². The highest BCUT2D eigenvalue weighted by Crippen LogP contribution is 2.15. The fraction of sp³-hybridized carbons (Fsp3) is 0.692. The van der Waals surface area contributed by atoms with Crippen LogP contribution in [0.25, 0.3) is 0 Å². The summed E-state index contributed by atoms with van der Waals surface area (Å²) in [4.78, 5) is 21.0. The number of carboxylic acids is 1. The number of carbonyl (C=O) groups excluding carboxylic acids is 1. The van der Waals surface area contributed by atoms with Gasteiger partial charge in [-0.25, -0.2) is 0 Å². The second-order valence-corrected chi connectivity index (χ2v) is 4.21. The summed E-state index contributed by atoms with van der Waals surface area (Å²) in [6.07, 6.45) is 1.84. The zero-order chi connectivity index (χ0) is 15.6. The Bertz CT molecular complexity index is 292. The molecule has 6 nitrogen and oxygen atoms in total. The van der Waals surface area contributed by atoms with Gasteiger partial charge in [-0.15, -0.1) is 6.58 Å². The Balaban J connectivity index is 0.